The average molecular weight is 2370 g/mol. The van der Waals surface area contributed by atoms with Crippen molar-refractivity contribution >= 4 is 268 Å². The van der Waals surface area contributed by atoms with Crippen molar-refractivity contribution < 1.29 is 125 Å². The van der Waals surface area contributed by atoms with Gasteiger partial charge in [-0.2, -0.15) is 4.58 Å². The summed E-state index contributed by atoms with van der Waals surface area (Å²) in [6.07, 6.45) is -18.7. The van der Waals surface area contributed by atoms with Crippen LogP contribution >= 0.6 is 203 Å². The number of anilines is 3. The summed E-state index contributed by atoms with van der Waals surface area (Å²) < 4.78 is 1.11. The zero-order valence-corrected chi connectivity index (χ0v) is 70.4. The number of rotatable bonds is 34. The Bertz CT molecular complexity index is 3390. The summed E-state index contributed by atoms with van der Waals surface area (Å²) in [6, 6.07) is 0. The number of likely N-dealkylation sites (N-methyl/N-ethyl adjacent to an activating group) is 5. The van der Waals surface area contributed by atoms with Gasteiger partial charge in [0.1, 0.15) is 43.1 Å². The number of nitrogens with zero attached hydrogens (tertiary/aromatic N) is 6. The largest absolute Gasteiger partial charge is 0.460 e. The Morgan fingerprint density at radius 2 is 0.698 bits per heavy atom. The fourth-order valence-electron chi connectivity index (χ4n) is 8.51. The van der Waals surface area contributed by atoms with E-state index in [1.165, 1.54) is 35.2 Å². The molecule has 0 spiro atoms. The third-order valence-corrected chi connectivity index (χ3v) is 23.8. The molecule has 0 aromatic heterocycles. The fraction of sp³-hybridized carbons (Fsp3) is 0.519. The van der Waals surface area contributed by atoms with Crippen LogP contribution in [0, 0.1) is 32.1 Å². The Morgan fingerprint density at radius 1 is 0.396 bits per heavy atom. The molecule has 3 rings (SSSR count). The third kappa shape index (κ3) is 22.1. The number of aliphatic hydroxyl groups is 17. The van der Waals surface area contributed by atoms with Gasteiger partial charge in [-0.3, -0.25) is 33.6 Å². The molecular formula is C54H71I9N9O24+. The normalized spacial score (nSPS) is 15.0. The van der Waals surface area contributed by atoms with Gasteiger partial charge in [-0.15, -0.1) is 0 Å². The topological polar surface area (TPSA) is 519 Å². The van der Waals surface area contributed by atoms with E-state index in [-0.39, 0.29) is 89.1 Å². The summed E-state index contributed by atoms with van der Waals surface area (Å²) in [5, 5.41) is 182. The minimum absolute atomic E-state index is 0.00349. The van der Waals surface area contributed by atoms with E-state index >= 15 is 14.4 Å². The maximum Gasteiger partial charge on any atom is 0.369 e. The number of aliphatic hydroxyl groups excluding tert-OH is 17. The molecule has 33 nitrogen and oxygen atoms in total. The first-order valence-electron chi connectivity index (χ1n) is 27.7. The van der Waals surface area contributed by atoms with Crippen molar-refractivity contribution in [3.8, 4) is 0 Å². The predicted molar refractivity (Wildman–Crippen MR) is 419 cm³/mol. The quantitative estimate of drug-likeness (QED) is 0.00932. The van der Waals surface area contributed by atoms with Crippen molar-refractivity contribution in [1.29, 1.82) is 0 Å². The van der Waals surface area contributed by atoms with Gasteiger partial charge in [0.15, 0.2) is 25.0 Å². The molecule has 0 saturated carbocycles. The van der Waals surface area contributed by atoms with Gasteiger partial charge in [0.25, 0.3) is 41.4 Å². The molecule has 3 aromatic carbocycles. The Hall–Kier alpha value is -0.850. The first-order valence-corrected chi connectivity index (χ1v) is 37.5. The van der Waals surface area contributed by atoms with E-state index in [0.29, 0.717) is 0 Å². The molecule has 0 aliphatic carbocycles. The van der Waals surface area contributed by atoms with Crippen molar-refractivity contribution in [1.82, 2.24) is 24.5 Å². The van der Waals surface area contributed by atoms with Crippen LogP contribution in [0.15, 0.2) is 0 Å². The van der Waals surface area contributed by atoms with Gasteiger partial charge >= 0.3 is 5.90 Å². The van der Waals surface area contributed by atoms with Crippen molar-refractivity contribution in [2.75, 3.05) is 137 Å². The molecule has 10 unspecified atom stereocenters. The summed E-state index contributed by atoms with van der Waals surface area (Å²) in [5.41, 5.74) is -1.88. The SMILES string of the molecule is CN(CCN(CCN(C)C(=O)c1c(I)c(NC(=O)C(O)C(O)CO)c(I)c(C(O)=[N+](C)CC(O)CO)c1I)C(=O)c1c(I)c(NC(O)C(O)C(O)CO)c(I)c(C(=O)N(C)CC(O)CO)c1I)C(=O)c1c(I)c(NC(=O)C(O)C(O)CO)c(I)c(C(=O)N(C)CC(O)CO)c1I. The highest BCUT2D eigenvalue weighted by molar-refractivity contribution is 14.1. The van der Waals surface area contributed by atoms with Crippen molar-refractivity contribution in [2.45, 2.75) is 61.2 Å². The van der Waals surface area contributed by atoms with E-state index in [1.807, 2.05) is 0 Å². The van der Waals surface area contributed by atoms with Gasteiger partial charge in [-0.05, 0) is 203 Å². The lowest BCUT2D eigenvalue weighted by atomic mass is 10.0. The molecule has 0 bridgehead atoms. The van der Waals surface area contributed by atoms with E-state index in [9.17, 15) is 106 Å². The molecule has 538 valence electrons. The van der Waals surface area contributed by atoms with Crippen LogP contribution in [0.2, 0.25) is 0 Å². The Labute approximate surface area is 671 Å². The molecule has 0 heterocycles. The summed E-state index contributed by atoms with van der Waals surface area (Å²) in [4.78, 5) is 107. The number of benzene rings is 3. The molecule has 0 fully saturated rings. The van der Waals surface area contributed by atoms with Gasteiger partial charge in [0, 0.05) is 78.2 Å². The zero-order chi connectivity index (χ0) is 73.6. The number of nitrogens with one attached hydrogen (secondary N) is 3. The van der Waals surface area contributed by atoms with Gasteiger partial charge in [0.05, 0.1) is 118 Å². The van der Waals surface area contributed by atoms with E-state index in [1.54, 1.807) is 203 Å². The van der Waals surface area contributed by atoms with Gasteiger partial charge in [-0.1, -0.05) is 0 Å². The molecular weight excluding hydrogens is 2300 g/mol. The van der Waals surface area contributed by atoms with Gasteiger partial charge < -0.3 is 127 Å². The molecule has 10 atom stereocenters. The van der Waals surface area contributed by atoms with E-state index in [2.05, 4.69) is 16.0 Å². The minimum Gasteiger partial charge on any atom is -0.460 e. The molecule has 3 aromatic rings. The van der Waals surface area contributed by atoms with Gasteiger partial charge in [0.2, 0.25) is 0 Å². The number of carbonyl (C=O) groups is 7. The van der Waals surface area contributed by atoms with Crippen molar-refractivity contribution in [3.63, 3.8) is 0 Å². The Kier molecular flexibility index (Phi) is 38.2. The van der Waals surface area contributed by atoms with Gasteiger partial charge in [-0.25, -0.2) is 0 Å². The average Bonchev–Trinajstić information content (AvgIpc) is 0.781. The van der Waals surface area contributed by atoms with E-state index in [0.717, 1.165) is 29.1 Å². The molecule has 7 amide bonds. The monoisotopic (exact) mass is 2370 g/mol. The van der Waals surface area contributed by atoms with Crippen LogP contribution in [0.3, 0.4) is 0 Å². The van der Waals surface area contributed by atoms with Crippen molar-refractivity contribution in [3.05, 3.63) is 65.5 Å². The second-order valence-electron chi connectivity index (χ2n) is 21.2. The lowest BCUT2D eigenvalue weighted by Gasteiger charge is -2.31. The highest BCUT2D eigenvalue weighted by atomic mass is 127. The lowest BCUT2D eigenvalue weighted by Crippen LogP contribution is -2.45. The number of hydrogen-bond donors (Lipinski definition) is 20. The van der Waals surface area contributed by atoms with Crippen LogP contribution in [-0.2, 0) is 9.59 Å². The number of amides is 7. The second-order valence-corrected chi connectivity index (χ2v) is 30.9. The highest BCUT2D eigenvalue weighted by Crippen LogP contribution is 2.41. The van der Waals surface area contributed by atoms with Crippen LogP contribution in [0.1, 0.15) is 57.4 Å². The fourth-order valence-corrected chi connectivity index (χ4v) is 21.7. The number of carbonyl (C=O) groups excluding carboxylic acids is 7. The molecule has 0 aliphatic rings. The highest BCUT2D eigenvalue weighted by Gasteiger charge is 2.39. The van der Waals surface area contributed by atoms with Crippen LogP contribution < -0.4 is 16.0 Å². The Morgan fingerprint density at radius 3 is 1.03 bits per heavy atom. The standard InChI is InChI=1S/C54H70I9N9O24/c1-67(49(91)25-31(55)27(51(93)69(3)10-19(79)13-73)36(60)40(34(25)58)64-46(88)43(85)22(82)16-76)6-8-72(54(96)30-33(57)29(53(95)71(5)12-21(81)15-75)38(62)42(39(30)63)66-48(90)45(87)24(84)18-78)9-7-68(2)50(92)26-32(56)28(52(94)70(4)11-20(80)14-74)37(61)41(35(26)59)65-47(89)44(86)23(83)17-77/h19-24,43-45,48,66,73-87,90H,6-18H2,1-5H3,(H2,64,65,88,89)/p+1. The molecule has 20 N–H and O–H groups in total. The minimum atomic E-state index is -2.23. The molecule has 0 saturated heterocycles. The summed E-state index contributed by atoms with van der Waals surface area (Å²) in [6.45, 7) is -8.40. The van der Waals surface area contributed by atoms with Crippen molar-refractivity contribution in [2.24, 2.45) is 0 Å². The maximum atomic E-state index is 15.9. The predicted octanol–water partition coefficient (Wildman–Crippen LogP) is -2.99. The number of halogens is 9. The first kappa shape index (κ1) is 89.4. The Balaban J connectivity index is 2.50. The van der Waals surface area contributed by atoms with E-state index in [4.69, 9.17) is 0 Å². The summed E-state index contributed by atoms with van der Waals surface area (Å²) >= 11 is 15.5. The zero-order valence-electron chi connectivity index (χ0n) is 51.0. The first-order chi connectivity index (χ1) is 44.7. The van der Waals surface area contributed by atoms with Crippen LogP contribution in [0.4, 0.5) is 17.1 Å². The summed E-state index contributed by atoms with van der Waals surface area (Å²) in [7, 11) is 6.50. The molecule has 96 heavy (non-hydrogen) atoms. The lowest BCUT2D eigenvalue weighted by molar-refractivity contribution is -0.514. The maximum absolute atomic E-state index is 15.9. The van der Waals surface area contributed by atoms with Crippen LogP contribution in [0.5, 0.6) is 0 Å². The molecule has 0 aliphatic heterocycles. The van der Waals surface area contributed by atoms with Crippen LogP contribution in [-0.4, -0.2) is 345 Å². The summed E-state index contributed by atoms with van der Waals surface area (Å²) in [5.74, 6) is -7.45. The third-order valence-electron chi connectivity index (χ3n) is 14.1. The van der Waals surface area contributed by atoms with E-state index < -0.39 is 187 Å². The second kappa shape index (κ2) is 41.0. The van der Waals surface area contributed by atoms with Crippen LogP contribution in [0.25, 0.3) is 0 Å². The molecule has 0 radical (unpaired) electrons. The number of hydrogen-bond acceptors (Lipinski definition) is 24. The molecule has 42 heteroatoms. The smallest absolute Gasteiger partial charge is 0.369 e.